The van der Waals surface area contributed by atoms with Gasteiger partial charge in [-0.2, -0.15) is 0 Å². The number of carbonyl (C=O) groups is 2. The quantitative estimate of drug-likeness (QED) is 0.679. The normalized spacial score (nSPS) is 16.8. The van der Waals surface area contributed by atoms with Crippen LogP contribution in [-0.4, -0.2) is 38.6 Å². The van der Waals surface area contributed by atoms with Crippen molar-refractivity contribution in [2.24, 2.45) is 5.92 Å². The summed E-state index contributed by atoms with van der Waals surface area (Å²) in [5, 5.41) is 8.75. The van der Waals surface area contributed by atoms with Crippen LogP contribution in [0.25, 0.3) is 0 Å². The third-order valence-corrected chi connectivity index (χ3v) is 3.96. The number of hydrogen-bond acceptors (Lipinski definition) is 4. The Labute approximate surface area is 137 Å². The van der Waals surface area contributed by atoms with Gasteiger partial charge in [-0.05, 0) is 56.1 Å². The second-order valence-electron chi connectivity index (χ2n) is 5.74. The van der Waals surface area contributed by atoms with Gasteiger partial charge >= 0.3 is 0 Å². The minimum absolute atomic E-state index is 0.0465. The lowest BCUT2D eigenvalue weighted by Gasteiger charge is -2.10. The zero-order valence-electron chi connectivity index (χ0n) is 13.6. The summed E-state index contributed by atoms with van der Waals surface area (Å²) in [6, 6.07) is 7.20. The first kappa shape index (κ1) is 17.3. The highest BCUT2D eigenvalue weighted by atomic mass is 16.5. The minimum Gasteiger partial charge on any atom is -0.493 e. The summed E-state index contributed by atoms with van der Waals surface area (Å²) in [7, 11) is 1.60. The molecule has 2 rings (SSSR count). The zero-order valence-corrected chi connectivity index (χ0v) is 13.6. The predicted molar refractivity (Wildman–Crippen MR) is 89.5 cm³/mol. The number of amides is 2. The van der Waals surface area contributed by atoms with Gasteiger partial charge in [0.25, 0.3) is 0 Å². The van der Waals surface area contributed by atoms with Crippen LogP contribution in [0, 0.1) is 5.92 Å². The zero-order chi connectivity index (χ0) is 16.5. The first-order chi connectivity index (χ1) is 11.2. The molecule has 1 aromatic carbocycles. The summed E-state index contributed by atoms with van der Waals surface area (Å²) in [5.41, 5.74) is 0.762. The van der Waals surface area contributed by atoms with E-state index in [1.807, 2.05) is 12.1 Å². The van der Waals surface area contributed by atoms with E-state index in [0.717, 1.165) is 31.6 Å². The Morgan fingerprint density at radius 2 is 2.00 bits per heavy atom. The van der Waals surface area contributed by atoms with Gasteiger partial charge in [-0.3, -0.25) is 9.59 Å². The van der Waals surface area contributed by atoms with Gasteiger partial charge < -0.3 is 20.7 Å². The molecule has 126 valence electrons. The second kappa shape index (κ2) is 9.15. The molecule has 0 bridgehead atoms. The third-order valence-electron chi connectivity index (χ3n) is 3.96. The molecule has 1 fully saturated rings. The van der Waals surface area contributed by atoms with Gasteiger partial charge in [0.05, 0.1) is 13.0 Å². The second-order valence-corrected chi connectivity index (χ2v) is 5.74. The fourth-order valence-electron chi connectivity index (χ4n) is 2.54. The van der Waals surface area contributed by atoms with Crippen LogP contribution in [0.3, 0.4) is 0 Å². The van der Waals surface area contributed by atoms with Crippen LogP contribution >= 0.6 is 0 Å². The molecule has 0 aliphatic carbocycles. The molecule has 0 spiro atoms. The summed E-state index contributed by atoms with van der Waals surface area (Å²) in [5.74, 6) is 1.30. The Bertz CT molecular complexity index is 510. The van der Waals surface area contributed by atoms with Crippen molar-refractivity contribution < 1.29 is 14.3 Å². The topological polar surface area (TPSA) is 79.5 Å². The number of nitrogens with one attached hydrogen (secondary N) is 3. The van der Waals surface area contributed by atoms with Gasteiger partial charge in [-0.25, -0.2) is 0 Å². The first-order valence-corrected chi connectivity index (χ1v) is 8.11. The van der Waals surface area contributed by atoms with Gasteiger partial charge in [0.2, 0.25) is 11.8 Å². The molecular weight excluding hydrogens is 294 g/mol. The molecule has 1 unspecified atom stereocenters. The summed E-state index contributed by atoms with van der Waals surface area (Å²) >= 11 is 0. The number of rotatable bonds is 8. The van der Waals surface area contributed by atoms with E-state index in [1.165, 1.54) is 0 Å². The van der Waals surface area contributed by atoms with Crippen molar-refractivity contribution in [2.75, 3.05) is 32.1 Å². The molecular formula is C17H25N3O3. The van der Waals surface area contributed by atoms with Gasteiger partial charge in [0, 0.05) is 19.2 Å². The molecule has 0 aromatic heterocycles. The molecule has 3 N–H and O–H groups in total. The van der Waals surface area contributed by atoms with E-state index >= 15 is 0 Å². The molecule has 0 saturated carbocycles. The van der Waals surface area contributed by atoms with Crippen LogP contribution in [0.15, 0.2) is 24.3 Å². The summed E-state index contributed by atoms with van der Waals surface area (Å²) in [4.78, 5) is 23.0. The Hall–Kier alpha value is -2.08. The van der Waals surface area contributed by atoms with E-state index < -0.39 is 0 Å². The van der Waals surface area contributed by atoms with Crippen molar-refractivity contribution in [3.8, 4) is 5.75 Å². The highest BCUT2D eigenvalue weighted by Crippen LogP contribution is 2.18. The van der Waals surface area contributed by atoms with E-state index in [2.05, 4.69) is 16.0 Å². The van der Waals surface area contributed by atoms with Crippen LogP contribution in [0.4, 0.5) is 5.69 Å². The molecule has 1 heterocycles. The number of carbonyl (C=O) groups excluding carboxylic acids is 2. The lowest BCUT2D eigenvalue weighted by atomic mass is 10.0. The maximum Gasteiger partial charge on any atom is 0.224 e. The molecule has 1 saturated heterocycles. The molecule has 6 heteroatoms. The third kappa shape index (κ3) is 6.28. The maximum atomic E-state index is 11.9. The molecule has 1 atom stereocenters. The monoisotopic (exact) mass is 319 g/mol. The number of hydrogen-bond donors (Lipinski definition) is 3. The summed E-state index contributed by atoms with van der Waals surface area (Å²) in [6.07, 6.45) is 2.97. The lowest BCUT2D eigenvalue weighted by molar-refractivity contribution is -0.121. The molecule has 0 radical (unpaired) electrons. The standard InChI is InChI=1S/C17H25N3O3/c1-18-16(21)9-11-23-15-5-3-14(4-6-15)20-17(22)7-2-13-8-10-19-12-13/h3-6,13,19H,2,7-12H2,1H3,(H,18,21)(H,20,22). The van der Waals surface area contributed by atoms with Crippen molar-refractivity contribution >= 4 is 17.5 Å². The van der Waals surface area contributed by atoms with E-state index in [0.29, 0.717) is 31.1 Å². The maximum absolute atomic E-state index is 11.9. The smallest absolute Gasteiger partial charge is 0.224 e. The largest absolute Gasteiger partial charge is 0.493 e. The Kier molecular flexibility index (Phi) is 6.87. The van der Waals surface area contributed by atoms with Crippen molar-refractivity contribution in [1.82, 2.24) is 10.6 Å². The van der Waals surface area contributed by atoms with Gasteiger partial charge in [-0.15, -0.1) is 0 Å². The van der Waals surface area contributed by atoms with Crippen molar-refractivity contribution in [1.29, 1.82) is 0 Å². The number of anilines is 1. The highest BCUT2D eigenvalue weighted by Gasteiger charge is 2.15. The lowest BCUT2D eigenvalue weighted by Crippen LogP contribution is -2.20. The number of benzene rings is 1. The summed E-state index contributed by atoms with van der Waals surface area (Å²) < 4.78 is 5.47. The summed E-state index contributed by atoms with van der Waals surface area (Å²) in [6.45, 7) is 2.42. The molecule has 1 aromatic rings. The van der Waals surface area contributed by atoms with Crippen LogP contribution in [0.2, 0.25) is 0 Å². The van der Waals surface area contributed by atoms with E-state index in [1.54, 1.807) is 19.2 Å². The van der Waals surface area contributed by atoms with Gasteiger partial charge in [0.1, 0.15) is 5.75 Å². The highest BCUT2D eigenvalue weighted by molar-refractivity contribution is 5.90. The van der Waals surface area contributed by atoms with Crippen LogP contribution in [-0.2, 0) is 9.59 Å². The Balaban J connectivity index is 1.69. The predicted octanol–water partition coefficient (Wildman–Crippen LogP) is 1.53. The SMILES string of the molecule is CNC(=O)CCOc1ccc(NC(=O)CCC2CCNC2)cc1. The van der Waals surface area contributed by atoms with E-state index in [-0.39, 0.29) is 11.8 Å². The average molecular weight is 319 g/mol. The molecule has 1 aliphatic rings. The van der Waals surface area contributed by atoms with Crippen LogP contribution in [0.5, 0.6) is 5.75 Å². The van der Waals surface area contributed by atoms with E-state index in [9.17, 15) is 9.59 Å². The number of ether oxygens (including phenoxy) is 1. The Morgan fingerprint density at radius 1 is 1.22 bits per heavy atom. The van der Waals surface area contributed by atoms with Crippen LogP contribution in [0.1, 0.15) is 25.7 Å². The van der Waals surface area contributed by atoms with Gasteiger partial charge in [0.15, 0.2) is 0 Å². The van der Waals surface area contributed by atoms with Crippen LogP contribution < -0.4 is 20.7 Å². The molecule has 6 nitrogen and oxygen atoms in total. The molecule has 1 aliphatic heterocycles. The molecule has 2 amide bonds. The fraction of sp³-hybridized carbons (Fsp3) is 0.529. The van der Waals surface area contributed by atoms with E-state index in [4.69, 9.17) is 4.74 Å². The van der Waals surface area contributed by atoms with Crippen molar-refractivity contribution in [3.05, 3.63) is 24.3 Å². The minimum atomic E-state index is -0.0497. The molecule has 23 heavy (non-hydrogen) atoms. The van der Waals surface area contributed by atoms with Crippen molar-refractivity contribution in [3.63, 3.8) is 0 Å². The first-order valence-electron chi connectivity index (χ1n) is 8.11. The Morgan fingerprint density at radius 3 is 2.65 bits per heavy atom. The van der Waals surface area contributed by atoms with Crippen molar-refractivity contribution in [2.45, 2.75) is 25.7 Å². The average Bonchev–Trinajstić information content (AvgIpc) is 3.08. The van der Waals surface area contributed by atoms with Gasteiger partial charge in [-0.1, -0.05) is 0 Å². The fourth-order valence-corrected chi connectivity index (χ4v) is 2.54.